The third kappa shape index (κ3) is 5.59. The van der Waals surface area contributed by atoms with Crippen molar-refractivity contribution in [2.75, 3.05) is 7.11 Å². The van der Waals surface area contributed by atoms with Crippen molar-refractivity contribution in [1.82, 2.24) is 4.90 Å². The molecule has 1 aliphatic rings. The van der Waals surface area contributed by atoms with Gasteiger partial charge in [0.1, 0.15) is 12.4 Å². The van der Waals surface area contributed by atoms with Crippen LogP contribution in [0.2, 0.25) is 15.1 Å². The zero-order valence-corrected chi connectivity index (χ0v) is 21.3. The number of imide groups is 1. The normalized spacial score (nSPS) is 14.7. The molecule has 1 aliphatic heterocycles. The molecule has 3 aromatic carbocycles. The third-order valence-corrected chi connectivity index (χ3v) is 7.14. The molecule has 0 aromatic heterocycles. The number of benzene rings is 3. The van der Waals surface area contributed by atoms with Crippen LogP contribution in [0.5, 0.6) is 11.5 Å². The number of hydrogen-bond donors (Lipinski definition) is 0. The van der Waals surface area contributed by atoms with Gasteiger partial charge in [-0.3, -0.25) is 14.5 Å². The molecule has 0 aliphatic carbocycles. The summed E-state index contributed by atoms with van der Waals surface area (Å²) in [5, 5.41) is 0.521. The Labute approximate surface area is 220 Å². The minimum Gasteiger partial charge on any atom is -0.493 e. The Morgan fingerprint density at radius 1 is 1.00 bits per heavy atom. The SMILES string of the molecule is COc1cccc(/C=C2\SC(=O)N(Cc3ccc(Cl)c(Cl)c3)C2=O)c1OCc1c(F)cccc1Cl. The Bertz CT molecular complexity index is 1330. The fourth-order valence-corrected chi connectivity index (χ4v) is 4.74. The van der Waals surface area contributed by atoms with Crippen molar-refractivity contribution in [1.29, 1.82) is 0 Å². The smallest absolute Gasteiger partial charge is 0.293 e. The molecule has 0 spiro atoms. The van der Waals surface area contributed by atoms with Gasteiger partial charge in [0.15, 0.2) is 11.5 Å². The summed E-state index contributed by atoms with van der Waals surface area (Å²) >= 11 is 18.9. The highest BCUT2D eigenvalue weighted by Crippen LogP contribution is 2.39. The number of ether oxygens (including phenoxy) is 2. The summed E-state index contributed by atoms with van der Waals surface area (Å²) in [6.07, 6.45) is 1.54. The summed E-state index contributed by atoms with van der Waals surface area (Å²) in [7, 11) is 1.47. The second-order valence-corrected chi connectivity index (χ2v) is 9.60. The van der Waals surface area contributed by atoms with E-state index in [2.05, 4.69) is 0 Å². The van der Waals surface area contributed by atoms with E-state index in [1.165, 1.54) is 19.2 Å². The van der Waals surface area contributed by atoms with Gasteiger partial charge in [0.05, 0.1) is 33.6 Å². The van der Waals surface area contributed by atoms with E-state index >= 15 is 0 Å². The summed E-state index contributed by atoms with van der Waals surface area (Å²) in [5.74, 6) is -0.304. The van der Waals surface area contributed by atoms with Crippen LogP contribution in [0.15, 0.2) is 59.5 Å². The number of nitrogens with zero attached hydrogens (tertiary/aromatic N) is 1. The fourth-order valence-electron chi connectivity index (χ4n) is 3.37. The quantitative estimate of drug-likeness (QED) is 0.282. The zero-order valence-electron chi connectivity index (χ0n) is 18.2. The molecule has 0 unspecified atom stereocenters. The van der Waals surface area contributed by atoms with Crippen molar-refractivity contribution < 1.29 is 23.5 Å². The number of hydrogen-bond acceptors (Lipinski definition) is 5. The molecule has 0 saturated carbocycles. The maximum atomic E-state index is 14.2. The number of para-hydroxylation sites is 1. The summed E-state index contributed by atoms with van der Waals surface area (Å²) in [6.45, 7) is -0.113. The first-order valence-corrected chi connectivity index (χ1v) is 12.2. The average Bonchev–Trinajstić information content (AvgIpc) is 3.09. The first-order chi connectivity index (χ1) is 16.8. The first-order valence-electron chi connectivity index (χ1n) is 10.2. The lowest BCUT2D eigenvalue weighted by atomic mass is 10.1. The molecule has 0 N–H and O–H groups in total. The van der Waals surface area contributed by atoms with E-state index in [4.69, 9.17) is 44.3 Å². The van der Waals surface area contributed by atoms with Crippen molar-refractivity contribution in [2.45, 2.75) is 13.2 Å². The van der Waals surface area contributed by atoms with Crippen LogP contribution in [0.1, 0.15) is 16.7 Å². The molecule has 2 amide bonds. The monoisotopic (exact) mass is 551 g/mol. The molecule has 0 atom stereocenters. The summed E-state index contributed by atoms with van der Waals surface area (Å²) < 4.78 is 25.5. The molecule has 180 valence electrons. The average molecular weight is 553 g/mol. The van der Waals surface area contributed by atoms with Gasteiger partial charge in [-0.15, -0.1) is 0 Å². The van der Waals surface area contributed by atoms with E-state index in [0.29, 0.717) is 26.9 Å². The lowest BCUT2D eigenvalue weighted by Gasteiger charge is -2.15. The van der Waals surface area contributed by atoms with Crippen LogP contribution in [-0.4, -0.2) is 23.2 Å². The van der Waals surface area contributed by atoms with Gasteiger partial charge < -0.3 is 9.47 Å². The maximum Gasteiger partial charge on any atom is 0.293 e. The summed E-state index contributed by atoms with van der Waals surface area (Å²) in [5.41, 5.74) is 1.33. The molecule has 1 fully saturated rings. The predicted molar refractivity (Wildman–Crippen MR) is 137 cm³/mol. The second kappa shape index (κ2) is 10.9. The van der Waals surface area contributed by atoms with Gasteiger partial charge in [-0.2, -0.15) is 0 Å². The molecule has 4 rings (SSSR count). The van der Waals surface area contributed by atoms with Gasteiger partial charge in [-0.05, 0) is 53.7 Å². The molecular weight excluding hydrogens is 536 g/mol. The summed E-state index contributed by atoms with van der Waals surface area (Å²) in [6, 6.07) is 14.4. The van der Waals surface area contributed by atoms with Gasteiger partial charge in [0.2, 0.25) is 0 Å². The number of methoxy groups -OCH3 is 1. The molecular formula is C25H17Cl3FNO4S. The highest BCUT2D eigenvalue weighted by molar-refractivity contribution is 8.18. The Kier molecular flexibility index (Phi) is 7.91. The standard InChI is InChI=1S/C25H17Cl3FNO4S/c1-33-21-7-2-4-15(23(21)34-13-16-17(26)5-3-6-20(16)29)11-22-24(31)30(25(32)35-22)12-14-8-9-18(27)19(28)10-14/h2-11H,12-13H2,1H3/b22-11-. The Hall–Kier alpha value is -2.71. The van der Waals surface area contributed by atoms with E-state index in [0.717, 1.165) is 16.7 Å². The van der Waals surface area contributed by atoms with Crippen LogP contribution in [-0.2, 0) is 17.9 Å². The van der Waals surface area contributed by atoms with E-state index in [1.807, 2.05) is 0 Å². The molecule has 1 heterocycles. The van der Waals surface area contributed by atoms with Crippen LogP contribution in [0, 0.1) is 5.82 Å². The Balaban J connectivity index is 1.60. The second-order valence-electron chi connectivity index (χ2n) is 7.38. The minimum atomic E-state index is -0.502. The molecule has 0 bridgehead atoms. The van der Waals surface area contributed by atoms with Gasteiger partial charge in [0, 0.05) is 11.1 Å². The van der Waals surface area contributed by atoms with E-state index < -0.39 is 17.0 Å². The van der Waals surface area contributed by atoms with Crippen LogP contribution in [0.25, 0.3) is 6.08 Å². The van der Waals surface area contributed by atoms with Gasteiger partial charge in [-0.1, -0.05) is 59.1 Å². The molecule has 0 radical (unpaired) electrons. The van der Waals surface area contributed by atoms with Crippen molar-refractivity contribution in [3.63, 3.8) is 0 Å². The first kappa shape index (κ1) is 25.4. The maximum absolute atomic E-state index is 14.2. The van der Waals surface area contributed by atoms with Crippen LogP contribution in [0.4, 0.5) is 9.18 Å². The van der Waals surface area contributed by atoms with Crippen LogP contribution >= 0.6 is 46.6 Å². The van der Waals surface area contributed by atoms with Crippen molar-refractivity contribution in [3.05, 3.63) is 97.1 Å². The largest absolute Gasteiger partial charge is 0.493 e. The molecule has 3 aromatic rings. The number of carbonyl (C=O) groups is 2. The number of halogens is 4. The predicted octanol–water partition coefficient (Wildman–Crippen LogP) is 7.61. The lowest BCUT2D eigenvalue weighted by molar-refractivity contribution is -0.123. The van der Waals surface area contributed by atoms with Crippen LogP contribution < -0.4 is 9.47 Å². The number of carbonyl (C=O) groups excluding carboxylic acids is 2. The third-order valence-electron chi connectivity index (χ3n) is 5.14. The lowest BCUT2D eigenvalue weighted by Crippen LogP contribution is -2.27. The number of thioether (sulfide) groups is 1. The topological polar surface area (TPSA) is 55.8 Å². The number of rotatable bonds is 7. The minimum absolute atomic E-state index is 0.0478. The van der Waals surface area contributed by atoms with Gasteiger partial charge in [-0.25, -0.2) is 4.39 Å². The van der Waals surface area contributed by atoms with Crippen LogP contribution in [0.3, 0.4) is 0 Å². The fraction of sp³-hybridized carbons (Fsp3) is 0.120. The molecule has 1 saturated heterocycles. The van der Waals surface area contributed by atoms with Gasteiger partial charge >= 0.3 is 0 Å². The van der Waals surface area contributed by atoms with E-state index in [-0.39, 0.29) is 34.4 Å². The highest BCUT2D eigenvalue weighted by Gasteiger charge is 2.35. The van der Waals surface area contributed by atoms with Crippen molar-refractivity contribution in [3.8, 4) is 11.5 Å². The van der Waals surface area contributed by atoms with E-state index in [1.54, 1.807) is 48.5 Å². The molecule has 5 nitrogen and oxygen atoms in total. The van der Waals surface area contributed by atoms with Gasteiger partial charge in [0.25, 0.3) is 11.1 Å². The molecule has 35 heavy (non-hydrogen) atoms. The Morgan fingerprint density at radius 2 is 1.77 bits per heavy atom. The molecule has 10 heteroatoms. The Morgan fingerprint density at radius 3 is 2.49 bits per heavy atom. The summed E-state index contributed by atoms with van der Waals surface area (Å²) in [4.78, 5) is 26.9. The van der Waals surface area contributed by atoms with Crippen molar-refractivity contribution in [2.24, 2.45) is 0 Å². The van der Waals surface area contributed by atoms with Crippen molar-refractivity contribution >= 4 is 63.8 Å². The zero-order chi connectivity index (χ0) is 25.1. The van der Waals surface area contributed by atoms with E-state index in [9.17, 15) is 14.0 Å². The number of amides is 2. The highest BCUT2D eigenvalue weighted by atomic mass is 35.5.